The Labute approximate surface area is 145 Å². The lowest BCUT2D eigenvalue weighted by molar-refractivity contribution is -0.383. The lowest BCUT2D eigenvalue weighted by Gasteiger charge is -2.26. The molecule has 1 aromatic heterocycles. The van der Waals surface area contributed by atoms with Gasteiger partial charge in [0.1, 0.15) is 5.75 Å². The average Bonchev–Trinajstić information content (AvgIpc) is 2.62. The molecule has 6 heteroatoms. The molecule has 3 rings (SSSR count). The van der Waals surface area contributed by atoms with Crippen molar-refractivity contribution < 1.29 is 10.0 Å². The van der Waals surface area contributed by atoms with Gasteiger partial charge in [-0.1, -0.05) is 25.1 Å². The van der Waals surface area contributed by atoms with Gasteiger partial charge in [0.2, 0.25) is 0 Å². The Kier molecular flexibility index (Phi) is 4.79. The molecule has 0 saturated heterocycles. The topological polar surface area (TPSA) is 79.5 Å². The van der Waals surface area contributed by atoms with E-state index in [1.165, 1.54) is 12.3 Å². The maximum absolute atomic E-state index is 11.3. The predicted octanol–water partition coefficient (Wildman–Crippen LogP) is 4.27. The van der Waals surface area contributed by atoms with Crippen LogP contribution in [0.25, 0.3) is 10.8 Å². The third-order valence-corrected chi connectivity index (χ3v) is 4.16. The van der Waals surface area contributed by atoms with Gasteiger partial charge >= 0.3 is 0 Å². The SMILES string of the molecule is CCCN(Cc1ccccc1O)c1ccc([N+](=O)[O-])c2cnccc12. The molecule has 128 valence electrons. The number of nitro benzene ring substituents is 1. The number of rotatable bonds is 6. The summed E-state index contributed by atoms with van der Waals surface area (Å²) in [6.45, 7) is 3.37. The quantitative estimate of drug-likeness (QED) is 0.537. The summed E-state index contributed by atoms with van der Waals surface area (Å²) in [5.74, 6) is 0.247. The fourth-order valence-electron chi connectivity index (χ4n) is 3.00. The molecule has 25 heavy (non-hydrogen) atoms. The second kappa shape index (κ2) is 7.17. The van der Waals surface area contributed by atoms with Crippen LogP contribution in [0.5, 0.6) is 5.75 Å². The molecular formula is C19H19N3O3. The van der Waals surface area contributed by atoms with E-state index in [-0.39, 0.29) is 16.4 Å². The van der Waals surface area contributed by atoms with Crippen molar-refractivity contribution in [1.82, 2.24) is 4.98 Å². The maximum atomic E-state index is 11.3. The molecule has 0 aliphatic heterocycles. The van der Waals surface area contributed by atoms with Gasteiger partial charge in [-0.05, 0) is 24.6 Å². The van der Waals surface area contributed by atoms with E-state index < -0.39 is 0 Å². The molecule has 0 amide bonds. The Balaban J connectivity index is 2.09. The monoisotopic (exact) mass is 337 g/mol. The summed E-state index contributed by atoms with van der Waals surface area (Å²) >= 11 is 0. The van der Waals surface area contributed by atoms with E-state index in [1.807, 2.05) is 12.1 Å². The molecule has 0 unspecified atom stereocenters. The standard InChI is InChI=1S/C19H19N3O3/c1-2-11-21(13-14-5-3-4-6-19(14)23)17-7-8-18(22(24)25)16-12-20-10-9-15(16)17/h3-10,12,23H,2,11,13H2,1H3. The third kappa shape index (κ3) is 3.38. The number of nitrogens with zero attached hydrogens (tertiary/aromatic N) is 3. The molecule has 0 spiro atoms. The van der Waals surface area contributed by atoms with E-state index in [9.17, 15) is 15.2 Å². The first-order valence-corrected chi connectivity index (χ1v) is 8.14. The Morgan fingerprint density at radius 1 is 1.16 bits per heavy atom. The second-order valence-electron chi connectivity index (χ2n) is 5.83. The van der Waals surface area contributed by atoms with Crippen molar-refractivity contribution in [3.05, 3.63) is 70.5 Å². The highest BCUT2D eigenvalue weighted by molar-refractivity contribution is 5.99. The predicted molar refractivity (Wildman–Crippen MR) is 97.8 cm³/mol. The zero-order valence-electron chi connectivity index (χ0n) is 13.9. The molecule has 1 N–H and O–H groups in total. The van der Waals surface area contributed by atoms with Crippen molar-refractivity contribution in [1.29, 1.82) is 0 Å². The van der Waals surface area contributed by atoms with Crippen LogP contribution in [-0.2, 0) is 6.54 Å². The van der Waals surface area contributed by atoms with Gasteiger partial charge in [0, 0.05) is 48.2 Å². The highest BCUT2D eigenvalue weighted by atomic mass is 16.6. The number of aromatic nitrogens is 1. The first-order chi connectivity index (χ1) is 12.1. The Hall–Kier alpha value is -3.15. The fraction of sp³-hybridized carbons (Fsp3) is 0.211. The minimum atomic E-state index is -0.388. The van der Waals surface area contributed by atoms with Crippen molar-refractivity contribution in [3.8, 4) is 5.75 Å². The Bertz CT molecular complexity index is 911. The lowest BCUT2D eigenvalue weighted by atomic mass is 10.1. The number of non-ortho nitro benzene ring substituents is 1. The number of nitro groups is 1. The minimum Gasteiger partial charge on any atom is -0.508 e. The number of hydrogen-bond donors (Lipinski definition) is 1. The lowest BCUT2D eigenvalue weighted by Crippen LogP contribution is -2.23. The summed E-state index contributed by atoms with van der Waals surface area (Å²) in [5.41, 5.74) is 1.76. The van der Waals surface area contributed by atoms with Gasteiger partial charge in [-0.2, -0.15) is 0 Å². The molecule has 0 bridgehead atoms. The normalized spacial score (nSPS) is 10.8. The van der Waals surface area contributed by atoms with Crippen LogP contribution in [0.3, 0.4) is 0 Å². The molecule has 6 nitrogen and oxygen atoms in total. The fourth-order valence-corrected chi connectivity index (χ4v) is 3.00. The van der Waals surface area contributed by atoms with Gasteiger partial charge in [0.25, 0.3) is 5.69 Å². The van der Waals surface area contributed by atoms with Gasteiger partial charge in [0.15, 0.2) is 0 Å². The number of benzene rings is 2. The number of hydrogen-bond acceptors (Lipinski definition) is 5. The number of para-hydroxylation sites is 1. The number of pyridine rings is 1. The van der Waals surface area contributed by atoms with Crippen molar-refractivity contribution in [2.45, 2.75) is 19.9 Å². The molecule has 3 aromatic rings. The number of aromatic hydroxyl groups is 1. The van der Waals surface area contributed by atoms with E-state index >= 15 is 0 Å². The van der Waals surface area contributed by atoms with Crippen molar-refractivity contribution in [3.63, 3.8) is 0 Å². The van der Waals surface area contributed by atoms with Gasteiger partial charge < -0.3 is 10.0 Å². The van der Waals surface area contributed by atoms with Gasteiger partial charge in [0.05, 0.1) is 10.3 Å². The number of fused-ring (bicyclic) bond motifs is 1. The zero-order chi connectivity index (χ0) is 17.8. The number of anilines is 1. The Morgan fingerprint density at radius 3 is 2.68 bits per heavy atom. The van der Waals surface area contributed by atoms with Crippen LogP contribution in [0.2, 0.25) is 0 Å². The molecular weight excluding hydrogens is 318 g/mol. The van der Waals surface area contributed by atoms with Crippen LogP contribution in [0.15, 0.2) is 54.9 Å². The largest absolute Gasteiger partial charge is 0.508 e. The summed E-state index contributed by atoms with van der Waals surface area (Å²) in [4.78, 5) is 17.1. The van der Waals surface area contributed by atoms with Crippen LogP contribution < -0.4 is 4.90 Å². The van der Waals surface area contributed by atoms with Crippen LogP contribution >= 0.6 is 0 Å². The van der Waals surface area contributed by atoms with E-state index in [1.54, 1.807) is 30.5 Å². The smallest absolute Gasteiger partial charge is 0.278 e. The minimum absolute atomic E-state index is 0.0471. The van der Waals surface area contributed by atoms with Crippen LogP contribution in [0.4, 0.5) is 11.4 Å². The maximum Gasteiger partial charge on any atom is 0.278 e. The van der Waals surface area contributed by atoms with E-state index in [0.717, 1.165) is 29.6 Å². The molecule has 0 aliphatic carbocycles. The number of phenols is 1. The summed E-state index contributed by atoms with van der Waals surface area (Å²) in [7, 11) is 0. The summed E-state index contributed by atoms with van der Waals surface area (Å²) in [5, 5.41) is 22.7. The van der Waals surface area contributed by atoms with Crippen molar-refractivity contribution in [2.75, 3.05) is 11.4 Å². The van der Waals surface area contributed by atoms with E-state index in [0.29, 0.717) is 11.9 Å². The highest BCUT2D eigenvalue weighted by Crippen LogP contribution is 2.34. The van der Waals surface area contributed by atoms with Gasteiger partial charge in [-0.25, -0.2) is 0 Å². The first-order valence-electron chi connectivity index (χ1n) is 8.14. The summed E-state index contributed by atoms with van der Waals surface area (Å²) < 4.78 is 0. The van der Waals surface area contributed by atoms with Crippen LogP contribution in [0.1, 0.15) is 18.9 Å². The summed E-state index contributed by atoms with van der Waals surface area (Å²) in [6.07, 6.45) is 4.08. The molecule has 0 fully saturated rings. The molecule has 0 aliphatic rings. The summed E-state index contributed by atoms with van der Waals surface area (Å²) in [6, 6.07) is 12.3. The van der Waals surface area contributed by atoms with E-state index in [2.05, 4.69) is 16.8 Å². The number of phenolic OH excluding ortho intramolecular Hbond substituents is 1. The molecule has 0 saturated carbocycles. The van der Waals surface area contributed by atoms with Crippen molar-refractivity contribution >= 4 is 22.1 Å². The first kappa shape index (κ1) is 16.7. The Morgan fingerprint density at radius 2 is 1.96 bits per heavy atom. The van der Waals surface area contributed by atoms with Gasteiger partial charge in [-0.3, -0.25) is 15.1 Å². The molecule has 0 radical (unpaired) electrons. The molecule has 0 atom stereocenters. The third-order valence-electron chi connectivity index (χ3n) is 4.16. The zero-order valence-corrected chi connectivity index (χ0v) is 13.9. The highest BCUT2D eigenvalue weighted by Gasteiger charge is 2.18. The molecule has 2 aromatic carbocycles. The van der Waals surface area contributed by atoms with Crippen molar-refractivity contribution in [2.24, 2.45) is 0 Å². The van der Waals surface area contributed by atoms with Crippen LogP contribution in [0, 0.1) is 10.1 Å². The average molecular weight is 337 g/mol. The molecule has 1 heterocycles. The van der Waals surface area contributed by atoms with Crippen LogP contribution in [-0.4, -0.2) is 21.6 Å². The van der Waals surface area contributed by atoms with Gasteiger partial charge in [-0.15, -0.1) is 0 Å². The second-order valence-corrected chi connectivity index (χ2v) is 5.83. The van der Waals surface area contributed by atoms with E-state index in [4.69, 9.17) is 0 Å².